The Morgan fingerprint density at radius 1 is 1.20 bits per heavy atom. The number of hydrogen-bond acceptors (Lipinski definition) is 2. The van der Waals surface area contributed by atoms with Gasteiger partial charge in [-0.15, -0.1) is 0 Å². The summed E-state index contributed by atoms with van der Waals surface area (Å²) in [7, 11) is 1.92. The van der Waals surface area contributed by atoms with Gasteiger partial charge in [0.1, 0.15) is 5.82 Å². The second-order valence-electron chi connectivity index (χ2n) is 5.18. The number of halogens is 1. The first-order valence-electron chi connectivity index (χ1n) is 6.93. The number of likely N-dealkylation sites (N-methyl/N-ethyl adjacent to an activating group) is 1. The lowest BCUT2D eigenvalue weighted by Crippen LogP contribution is -2.21. The highest BCUT2D eigenvalue weighted by Gasteiger charge is 2.17. The molecule has 1 unspecified atom stereocenters. The summed E-state index contributed by atoms with van der Waals surface area (Å²) in [6, 6.07) is 9.32. The van der Waals surface area contributed by atoms with Gasteiger partial charge in [-0.25, -0.2) is 4.39 Å². The van der Waals surface area contributed by atoms with Crippen LogP contribution in [-0.2, 0) is 6.42 Å². The molecule has 0 fully saturated rings. The zero-order valence-corrected chi connectivity index (χ0v) is 12.3. The van der Waals surface area contributed by atoms with Crippen molar-refractivity contribution in [1.29, 1.82) is 0 Å². The van der Waals surface area contributed by atoms with E-state index in [-0.39, 0.29) is 11.7 Å². The summed E-state index contributed by atoms with van der Waals surface area (Å²) in [5.41, 5.74) is 4.06. The maximum atomic E-state index is 13.8. The highest BCUT2D eigenvalue weighted by Crippen LogP contribution is 2.25. The molecule has 0 spiro atoms. The molecular weight excluding hydrogens is 251 g/mol. The molecule has 1 heterocycles. The van der Waals surface area contributed by atoms with Crippen molar-refractivity contribution < 1.29 is 4.39 Å². The SMILES string of the molecule is CNCC(Cc1ncccc1C)c1cccc(F)c1C. The standard InChI is InChI=1S/C17H21FN2/c1-12-6-5-9-20-17(12)10-14(11-19-3)15-7-4-8-16(18)13(15)2/h4-9,14,19H,10-11H2,1-3H3. The molecule has 106 valence electrons. The molecule has 2 aromatic rings. The number of aryl methyl sites for hydroxylation is 1. The number of rotatable bonds is 5. The third-order valence-electron chi connectivity index (χ3n) is 3.76. The summed E-state index contributed by atoms with van der Waals surface area (Å²) < 4.78 is 13.8. The summed E-state index contributed by atoms with van der Waals surface area (Å²) in [5.74, 6) is 0.0886. The Balaban J connectivity index is 2.32. The zero-order chi connectivity index (χ0) is 14.5. The van der Waals surface area contributed by atoms with Crippen molar-refractivity contribution in [3.8, 4) is 0 Å². The van der Waals surface area contributed by atoms with Crippen LogP contribution < -0.4 is 5.32 Å². The largest absolute Gasteiger partial charge is 0.319 e. The van der Waals surface area contributed by atoms with Gasteiger partial charge in [0.2, 0.25) is 0 Å². The molecule has 1 N–H and O–H groups in total. The lowest BCUT2D eigenvalue weighted by atomic mass is 9.89. The van der Waals surface area contributed by atoms with E-state index >= 15 is 0 Å². The molecule has 0 radical (unpaired) electrons. The van der Waals surface area contributed by atoms with E-state index in [1.807, 2.05) is 32.3 Å². The van der Waals surface area contributed by atoms with Crippen molar-refractivity contribution >= 4 is 0 Å². The van der Waals surface area contributed by atoms with E-state index in [1.165, 1.54) is 11.6 Å². The number of nitrogens with zero attached hydrogens (tertiary/aromatic N) is 1. The fourth-order valence-corrected chi connectivity index (χ4v) is 2.57. The van der Waals surface area contributed by atoms with E-state index in [9.17, 15) is 4.39 Å². The fourth-order valence-electron chi connectivity index (χ4n) is 2.57. The van der Waals surface area contributed by atoms with Crippen LogP contribution in [0.2, 0.25) is 0 Å². The smallest absolute Gasteiger partial charge is 0.126 e. The van der Waals surface area contributed by atoms with Crippen LogP contribution >= 0.6 is 0 Å². The zero-order valence-electron chi connectivity index (χ0n) is 12.3. The van der Waals surface area contributed by atoms with Crippen molar-refractivity contribution in [2.75, 3.05) is 13.6 Å². The van der Waals surface area contributed by atoms with Gasteiger partial charge < -0.3 is 5.32 Å². The molecule has 2 nitrogen and oxygen atoms in total. The lowest BCUT2D eigenvalue weighted by molar-refractivity contribution is 0.586. The maximum absolute atomic E-state index is 13.8. The van der Waals surface area contributed by atoms with E-state index in [0.29, 0.717) is 0 Å². The maximum Gasteiger partial charge on any atom is 0.126 e. The predicted octanol–water partition coefficient (Wildman–Crippen LogP) is 3.38. The number of aromatic nitrogens is 1. The summed E-state index contributed by atoms with van der Waals surface area (Å²) in [6.07, 6.45) is 2.63. The Morgan fingerprint density at radius 3 is 2.70 bits per heavy atom. The summed E-state index contributed by atoms with van der Waals surface area (Å²) in [6.45, 7) is 4.72. The van der Waals surface area contributed by atoms with Gasteiger partial charge in [0, 0.05) is 24.4 Å². The topological polar surface area (TPSA) is 24.9 Å². The number of benzene rings is 1. The fraction of sp³-hybridized carbons (Fsp3) is 0.353. The Hall–Kier alpha value is -1.74. The Kier molecular flexibility index (Phi) is 4.85. The average molecular weight is 272 g/mol. The molecule has 0 aliphatic rings. The minimum atomic E-state index is -0.138. The summed E-state index contributed by atoms with van der Waals surface area (Å²) in [5, 5.41) is 3.20. The number of hydrogen-bond donors (Lipinski definition) is 1. The Labute approximate surface area is 120 Å². The molecule has 1 aromatic heterocycles. The van der Waals surface area contributed by atoms with E-state index in [0.717, 1.165) is 29.8 Å². The molecule has 3 heteroatoms. The van der Waals surface area contributed by atoms with Crippen molar-refractivity contribution in [2.24, 2.45) is 0 Å². The molecular formula is C17H21FN2. The second kappa shape index (κ2) is 6.62. The van der Waals surface area contributed by atoms with Crippen molar-refractivity contribution in [2.45, 2.75) is 26.2 Å². The molecule has 0 amide bonds. The van der Waals surface area contributed by atoms with Crippen LogP contribution in [0, 0.1) is 19.7 Å². The average Bonchev–Trinajstić information content (AvgIpc) is 2.44. The van der Waals surface area contributed by atoms with Crippen molar-refractivity contribution in [3.63, 3.8) is 0 Å². The normalized spacial score (nSPS) is 12.4. The van der Waals surface area contributed by atoms with Crippen LogP contribution in [-0.4, -0.2) is 18.6 Å². The van der Waals surface area contributed by atoms with Crippen LogP contribution in [0.25, 0.3) is 0 Å². The lowest BCUT2D eigenvalue weighted by Gasteiger charge is -2.20. The molecule has 0 aliphatic carbocycles. The van der Waals surface area contributed by atoms with E-state index in [4.69, 9.17) is 0 Å². The molecule has 1 atom stereocenters. The summed E-state index contributed by atoms with van der Waals surface area (Å²) in [4.78, 5) is 4.46. The van der Waals surface area contributed by atoms with E-state index in [2.05, 4.69) is 23.3 Å². The van der Waals surface area contributed by atoms with Crippen molar-refractivity contribution in [3.05, 3.63) is 64.7 Å². The van der Waals surface area contributed by atoms with E-state index in [1.54, 1.807) is 6.07 Å². The third-order valence-corrected chi connectivity index (χ3v) is 3.76. The van der Waals surface area contributed by atoms with Gasteiger partial charge in [-0.05, 0) is 56.1 Å². The molecule has 2 rings (SSSR count). The second-order valence-corrected chi connectivity index (χ2v) is 5.18. The molecule has 0 saturated carbocycles. The molecule has 1 aromatic carbocycles. The van der Waals surface area contributed by atoms with Crippen LogP contribution in [0.15, 0.2) is 36.5 Å². The van der Waals surface area contributed by atoms with Crippen LogP contribution in [0.5, 0.6) is 0 Å². The monoisotopic (exact) mass is 272 g/mol. The first-order chi connectivity index (χ1) is 9.63. The van der Waals surface area contributed by atoms with Gasteiger partial charge in [-0.2, -0.15) is 0 Å². The molecule has 0 aliphatic heterocycles. The van der Waals surface area contributed by atoms with Crippen molar-refractivity contribution in [1.82, 2.24) is 10.3 Å². The highest BCUT2D eigenvalue weighted by molar-refractivity contribution is 5.32. The minimum Gasteiger partial charge on any atom is -0.319 e. The van der Waals surface area contributed by atoms with Gasteiger partial charge in [0.25, 0.3) is 0 Å². The minimum absolute atomic E-state index is 0.138. The molecule has 0 saturated heterocycles. The van der Waals surface area contributed by atoms with Gasteiger partial charge in [0.15, 0.2) is 0 Å². The van der Waals surface area contributed by atoms with E-state index < -0.39 is 0 Å². The number of nitrogens with one attached hydrogen (secondary N) is 1. The number of pyridine rings is 1. The first kappa shape index (κ1) is 14.7. The van der Waals surface area contributed by atoms with Gasteiger partial charge in [-0.1, -0.05) is 18.2 Å². The van der Waals surface area contributed by atoms with Gasteiger partial charge in [-0.3, -0.25) is 4.98 Å². The van der Waals surface area contributed by atoms with Crippen LogP contribution in [0.4, 0.5) is 4.39 Å². The van der Waals surface area contributed by atoms with Gasteiger partial charge in [0.05, 0.1) is 0 Å². The van der Waals surface area contributed by atoms with Gasteiger partial charge >= 0.3 is 0 Å². The predicted molar refractivity (Wildman–Crippen MR) is 80.5 cm³/mol. The van der Waals surface area contributed by atoms with Crippen LogP contribution in [0.3, 0.4) is 0 Å². The molecule has 0 bridgehead atoms. The highest BCUT2D eigenvalue weighted by atomic mass is 19.1. The summed E-state index contributed by atoms with van der Waals surface area (Å²) >= 11 is 0. The quantitative estimate of drug-likeness (QED) is 0.902. The third kappa shape index (κ3) is 3.23. The Morgan fingerprint density at radius 2 is 2.00 bits per heavy atom. The molecule has 20 heavy (non-hydrogen) atoms. The first-order valence-corrected chi connectivity index (χ1v) is 6.93. The Bertz CT molecular complexity index is 581. The van der Waals surface area contributed by atoms with Crippen LogP contribution in [0.1, 0.15) is 28.3 Å².